The standard InChI is InChI=1S/C10H10O3S/c1-13-10(11)9(14-12)7-8-5-3-2-4-6-8/h2-6H,7H2,1H3. The Morgan fingerprint density at radius 2 is 2.00 bits per heavy atom. The third kappa shape index (κ3) is 2.81. The normalized spacial score (nSPS) is 9.21. The van der Waals surface area contributed by atoms with Crippen molar-refractivity contribution in [2.75, 3.05) is 7.11 Å². The van der Waals surface area contributed by atoms with Gasteiger partial charge in [0.05, 0.1) is 7.11 Å². The average Bonchev–Trinajstić information content (AvgIpc) is 2.26. The summed E-state index contributed by atoms with van der Waals surface area (Å²) < 4.78 is 15.1. The zero-order valence-electron chi connectivity index (χ0n) is 7.73. The highest BCUT2D eigenvalue weighted by atomic mass is 32.1. The number of hydrogen-bond donors (Lipinski definition) is 0. The fourth-order valence-electron chi connectivity index (χ4n) is 1.03. The van der Waals surface area contributed by atoms with Crippen LogP contribution in [0.2, 0.25) is 0 Å². The monoisotopic (exact) mass is 210 g/mol. The molecular weight excluding hydrogens is 200 g/mol. The Labute approximate surface area is 85.8 Å². The van der Waals surface area contributed by atoms with Crippen molar-refractivity contribution in [1.82, 2.24) is 0 Å². The molecule has 0 N–H and O–H groups in total. The third-order valence-corrected chi connectivity index (χ3v) is 2.23. The molecule has 0 aliphatic rings. The highest BCUT2D eigenvalue weighted by Crippen LogP contribution is 2.00. The molecule has 0 heterocycles. The highest BCUT2D eigenvalue weighted by Gasteiger charge is 2.11. The van der Waals surface area contributed by atoms with Crippen molar-refractivity contribution in [3.05, 3.63) is 35.9 Å². The van der Waals surface area contributed by atoms with Crippen molar-refractivity contribution in [3.63, 3.8) is 0 Å². The number of carbonyl (C=O) groups is 1. The van der Waals surface area contributed by atoms with Crippen molar-refractivity contribution >= 4 is 22.1 Å². The van der Waals surface area contributed by atoms with Gasteiger partial charge in [-0.2, -0.15) is 0 Å². The van der Waals surface area contributed by atoms with E-state index in [1.807, 2.05) is 30.3 Å². The van der Waals surface area contributed by atoms with E-state index in [9.17, 15) is 9.00 Å². The van der Waals surface area contributed by atoms with E-state index in [1.54, 1.807) is 0 Å². The second kappa shape index (κ2) is 5.34. The first-order valence-corrected chi connectivity index (χ1v) is 4.80. The van der Waals surface area contributed by atoms with E-state index in [1.165, 1.54) is 7.11 Å². The first kappa shape index (κ1) is 10.7. The van der Waals surface area contributed by atoms with E-state index < -0.39 is 5.97 Å². The van der Waals surface area contributed by atoms with E-state index in [4.69, 9.17) is 0 Å². The van der Waals surface area contributed by atoms with Crippen LogP contribution in [0, 0.1) is 0 Å². The summed E-state index contributed by atoms with van der Waals surface area (Å²) in [6, 6.07) is 9.32. The predicted molar refractivity (Wildman–Crippen MR) is 55.3 cm³/mol. The van der Waals surface area contributed by atoms with Crippen LogP contribution in [0.3, 0.4) is 0 Å². The van der Waals surface area contributed by atoms with Crippen LogP contribution in [0.15, 0.2) is 30.3 Å². The van der Waals surface area contributed by atoms with Gasteiger partial charge in [-0.05, 0) is 5.56 Å². The lowest BCUT2D eigenvalue weighted by Gasteiger charge is -2.00. The number of methoxy groups -OCH3 is 1. The molecule has 0 saturated carbocycles. The fraction of sp³-hybridized carbons (Fsp3) is 0.200. The number of rotatable bonds is 3. The first-order valence-electron chi connectivity index (χ1n) is 4.06. The van der Waals surface area contributed by atoms with Gasteiger partial charge in [-0.3, -0.25) is 0 Å². The number of carbonyl (C=O) groups excluding carboxylic acids is 1. The average molecular weight is 210 g/mol. The maximum absolute atomic E-state index is 11.1. The van der Waals surface area contributed by atoms with E-state index >= 15 is 0 Å². The Hall–Kier alpha value is -1.42. The van der Waals surface area contributed by atoms with Crippen LogP contribution in [0.5, 0.6) is 0 Å². The molecule has 0 radical (unpaired) electrons. The predicted octanol–water partition coefficient (Wildman–Crippen LogP) is 0.787. The lowest BCUT2D eigenvalue weighted by molar-refractivity contribution is -0.132. The maximum atomic E-state index is 11.1. The summed E-state index contributed by atoms with van der Waals surface area (Å²) in [6.45, 7) is 0. The summed E-state index contributed by atoms with van der Waals surface area (Å²) in [5.74, 6) is -0.547. The van der Waals surface area contributed by atoms with Crippen LogP contribution in [-0.4, -0.2) is 22.2 Å². The SMILES string of the molecule is COC(=O)C(Cc1ccccc1)=S=O. The maximum Gasteiger partial charge on any atom is 0.347 e. The summed E-state index contributed by atoms with van der Waals surface area (Å²) in [7, 11) is 1.27. The molecule has 0 unspecified atom stereocenters. The summed E-state index contributed by atoms with van der Waals surface area (Å²) in [6.07, 6.45) is 0.335. The van der Waals surface area contributed by atoms with Gasteiger partial charge in [0.2, 0.25) is 0 Å². The highest BCUT2D eigenvalue weighted by molar-refractivity contribution is 7.68. The summed E-state index contributed by atoms with van der Waals surface area (Å²) in [5, 5.41) is 0. The van der Waals surface area contributed by atoms with Gasteiger partial charge in [-0.15, -0.1) is 0 Å². The van der Waals surface area contributed by atoms with Crippen LogP contribution in [0.4, 0.5) is 0 Å². The second-order valence-corrected chi connectivity index (χ2v) is 3.32. The molecular formula is C10H10O3S. The topological polar surface area (TPSA) is 43.4 Å². The minimum atomic E-state index is -0.547. The molecule has 1 aromatic rings. The molecule has 4 heteroatoms. The molecule has 0 aliphatic heterocycles. The Balaban J connectivity index is 2.78. The van der Waals surface area contributed by atoms with Crippen LogP contribution < -0.4 is 0 Å². The minimum absolute atomic E-state index is 0.179. The molecule has 1 aromatic carbocycles. The number of hydrogen-bond acceptors (Lipinski definition) is 3. The molecule has 0 atom stereocenters. The van der Waals surface area contributed by atoms with E-state index in [2.05, 4.69) is 4.74 Å². The lowest BCUT2D eigenvalue weighted by atomic mass is 10.1. The molecule has 0 aliphatic carbocycles. The van der Waals surface area contributed by atoms with Crippen LogP contribution in [-0.2, 0) is 27.2 Å². The number of ether oxygens (including phenoxy) is 1. The van der Waals surface area contributed by atoms with Gasteiger partial charge >= 0.3 is 5.97 Å². The Morgan fingerprint density at radius 3 is 2.50 bits per heavy atom. The minimum Gasteiger partial charge on any atom is -0.465 e. The summed E-state index contributed by atoms with van der Waals surface area (Å²) >= 11 is 0.190. The molecule has 0 bridgehead atoms. The molecule has 3 nitrogen and oxygen atoms in total. The smallest absolute Gasteiger partial charge is 0.347 e. The summed E-state index contributed by atoms with van der Waals surface area (Å²) in [5.41, 5.74) is 0.927. The van der Waals surface area contributed by atoms with Gasteiger partial charge in [0, 0.05) is 6.42 Å². The summed E-state index contributed by atoms with van der Waals surface area (Å²) in [4.78, 5) is 11.2. The van der Waals surface area contributed by atoms with E-state index in [0.717, 1.165) is 5.56 Å². The van der Waals surface area contributed by atoms with Gasteiger partial charge in [0.15, 0.2) is 0 Å². The van der Waals surface area contributed by atoms with Crippen LogP contribution >= 0.6 is 0 Å². The van der Waals surface area contributed by atoms with Crippen LogP contribution in [0.1, 0.15) is 5.56 Å². The number of benzene rings is 1. The zero-order chi connectivity index (χ0) is 10.4. The molecule has 0 fully saturated rings. The van der Waals surface area contributed by atoms with Gasteiger partial charge in [-0.1, -0.05) is 30.3 Å². The molecule has 74 valence electrons. The molecule has 0 saturated heterocycles. The largest absolute Gasteiger partial charge is 0.465 e. The molecule has 0 aromatic heterocycles. The van der Waals surface area contributed by atoms with Crippen molar-refractivity contribution in [3.8, 4) is 0 Å². The molecule has 0 spiro atoms. The van der Waals surface area contributed by atoms with E-state index in [0.29, 0.717) is 6.42 Å². The zero-order valence-corrected chi connectivity index (χ0v) is 8.54. The second-order valence-electron chi connectivity index (χ2n) is 2.66. The van der Waals surface area contributed by atoms with Gasteiger partial charge < -0.3 is 4.74 Å². The first-order chi connectivity index (χ1) is 6.77. The van der Waals surface area contributed by atoms with Crippen molar-refractivity contribution in [1.29, 1.82) is 0 Å². The molecule has 0 amide bonds. The van der Waals surface area contributed by atoms with Gasteiger partial charge in [0.25, 0.3) is 0 Å². The lowest BCUT2D eigenvalue weighted by Crippen LogP contribution is -2.18. The van der Waals surface area contributed by atoms with E-state index in [-0.39, 0.29) is 16.1 Å². The molecule has 14 heavy (non-hydrogen) atoms. The van der Waals surface area contributed by atoms with Crippen molar-refractivity contribution in [2.45, 2.75) is 6.42 Å². The van der Waals surface area contributed by atoms with Gasteiger partial charge in [-0.25, -0.2) is 9.00 Å². The van der Waals surface area contributed by atoms with Gasteiger partial charge in [0.1, 0.15) is 16.1 Å². The van der Waals surface area contributed by atoms with Crippen molar-refractivity contribution < 1.29 is 13.7 Å². The number of esters is 1. The molecule has 1 rings (SSSR count). The Morgan fingerprint density at radius 1 is 1.36 bits per heavy atom. The fourth-order valence-corrected chi connectivity index (χ4v) is 1.41. The Bertz CT molecular complexity index is 366. The Kier molecular flexibility index (Phi) is 4.07. The van der Waals surface area contributed by atoms with Crippen molar-refractivity contribution in [2.24, 2.45) is 0 Å². The van der Waals surface area contributed by atoms with Crippen LogP contribution in [0.25, 0.3) is 0 Å². The quantitative estimate of drug-likeness (QED) is 0.547. The third-order valence-electron chi connectivity index (χ3n) is 1.72.